The third-order valence-corrected chi connectivity index (χ3v) is 4.30. The maximum absolute atomic E-state index is 11.7. The molecule has 1 aliphatic heterocycles. The molecule has 18 heavy (non-hydrogen) atoms. The lowest BCUT2D eigenvalue weighted by molar-refractivity contribution is -0.122. The van der Waals surface area contributed by atoms with Crippen molar-refractivity contribution in [1.29, 1.82) is 5.26 Å². The first kappa shape index (κ1) is 13.4. The summed E-state index contributed by atoms with van der Waals surface area (Å²) in [7, 11) is 0. The zero-order valence-corrected chi connectivity index (χ0v) is 11.0. The van der Waals surface area contributed by atoms with Gasteiger partial charge < -0.3 is 5.32 Å². The number of nitrogens with zero attached hydrogens (tertiary/aromatic N) is 2. The molecular weight excluding hydrogens is 226 g/mol. The third kappa shape index (κ3) is 3.71. The molecular formula is C14H23N3O. The Morgan fingerprint density at radius 2 is 2.06 bits per heavy atom. The topological polar surface area (TPSA) is 56.1 Å². The Morgan fingerprint density at radius 1 is 1.28 bits per heavy atom. The molecule has 2 atom stereocenters. The molecule has 1 amide bonds. The van der Waals surface area contributed by atoms with Gasteiger partial charge in [-0.05, 0) is 31.2 Å². The summed E-state index contributed by atoms with van der Waals surface area (Å²) >= 11 is 0. The van der Waals surface area contributed by atoms with E-state index in [1.54, 1.807) is 0 Å². The molecule has 0 unspecified atom stereocenters. The van der Waals surface area contributed by atoms with Gasteiger partial charge in [-0.15, -0.1) is 0 Å². The van der Waals surface area contributed by atoms with Crippen molar-refractivity contribution >= 4 is 5.91 Å². The van der Waals surface area contributed by atoms with Gasteiger partial charge in [0.25, 0.3) is 0 Å². The Hall–Kier alpha value is -1.08. The number of rotatable bonds is 4. The van der Waals surface area contributed by atoms with Crippen LogP contribution in [0.15, 0.2) is 0 Å². The molecule has 0 spiro atoms. The Labute approximate surface area is 109 Å². The number of fused-ring (bicyclic) bond motifs is 1. The van der Waals surface area contributed by atoms with Gasteiger partial charge in [0.05, 0.1) is 19.0 Å². The number of hydrogen-bond donors (Lipinski definition) is 1. The fourth-order valence-corrected chi connectivity index (χ4v) is 3.34. The first-order chi connectivity index (χ1) is 8.79. The summed E-state index contributed by atoms with van der Waals surface area (Å²) < 4.78 is 0. The summed E-state index contributed by atoms with van der Waals surface area (Å²) in [6.45, 7) is 3.15. The lowest BCUT2D eigenvalue weighted by atomic mass is 9.75. The van der Waals surface area contributed by atoms with Crippen LogP contribution in [0.25, 0.3) is 0 Å². The van der Waals surface area contributed by atoms with E-state index in [9.17, 15) is 4.79 Å². The molecule has 0 aromatic carbocycles. The molecule has 0 aromatic heterocycles. The van der Waals surface area contributed by atoms with Crippen molar-refractivity contribution in [3.05, 3.63) is 0 Å². The molecule has 0 radical (unpaired) electrons. The summed E-state index contributed by atoms with van der Waals surface area (Å²) in [6.07, 6.45) is 7.16. The second-order valence-corrected chi connectivity index (χ2v) is 5.59. The summed E-state index contributed by atoms with van der Waals surface area (Å²) in [5.74, 6) is 1.80. The normalized spacial score (nSPS) is 28.2. The molecule has 0 bridgehead atoms. The van der Waals surface area contributed by atoms with E-state index < -0.39 is 0 Å². The minimum atomic E-state index is 0.0690. The fourth-order valence-electron chi connectivity index (χ4n) is 3.34. The molecule has 1 heterocycles. The van der Waals surface area contributed by atoms with E-state index >= 15 is 0 Å². The molecule has 1 saturated heterocycles. The van der Waals surface area contributed by atoms with Crippen molar-refractivity contribution in [1.82, 2.24) is 10.2 Å². The maximum atomic E-state index is 11.7. The van der Waals surface area contributed by atoms with E-state index in [1.165, 1.54) is 32.1 Å². The number of amides is 1. The van der Waals surface area contributed by atoms with Crippen molar-refractivity contribution in [2.24, 2.45) is 11.8 Å². The van der Waals surface area contributed by atoms with Crippen molar-refractivity contribution < 1.29 is 4.79 Å². The van der Waals surface area contributed by atoms with Gasteiger partial charge in [-0.1, -0.05) is 19.3 Å². The summed E-state index contributed by atoms with van der Waals surface area (Å²) in [5, 5.41) is 11.2. The summed E-state index contributed by atoms with van der Waals surface area (Å²) in [5.41, 5.74) is 0. The molecule has 4 heteroatoms. The first-order valence-electron chi connectivity index (χ1n) is 7.15. The van der Waals surface area contributed by atoms with Crippen molar-refractivity contribution in [2.45, 2.75) is 38.5 Å². The van der Waals surface area contributed by atoms with Crippen LogP contribution in [0.3, 0.4) is 0 Å². The average molecular weight is 249 g/mol. The van der Waals surface area contributed by atoms with Crippen LogP contribution in [0, 0.1) is 23.2 Å². The largest absolute Gasteiger partial charge is 0.354 e. The Bertz CT molecular complexity index is 323. The molecule has 1 N–H and O–H groups in total. The van der Waals surface area contributed by atoms with Gasteiger partial charge in [-0.25, -0.2) is 0 Å². The second kappa shape index (κ2) is 6.75. The minimum absolute atomic E-state index is 0.0690. The number of nitriles is 1. The number of nitrogens with one attached hydrogen (secondary N) is 1. The van der Waals surface area contributed by atoms with E-state index in [0.29, 0.717) is 19.5 Å². The first-order valence-corrected chi connectivity index (χ1v) is 7.15. The van der Waals surface area contributed by atoms with Gasteiger partial charge in [-0.2, -0.15) is 5.26 Å². The zero-order chi connectivity index (χ0) is 12.8. The summed E-state index contributed by atoms with van der Waals surface area (Å²) in [6, 6.07) is 2.04. The van der Waals surface area contributed by atoms with Gasteiger partial charge in [0, 0.05) is 13.1 Å². The number of carbonyl (C=O) groups excluding carboxylic acids is 1. The quantitative estimate of drug-likeness (QED) is 0.769. The van der Waals surface area contributed by atoms with Gasteiger partial charge in [0.1, 0.15) is 0 Å². The van der Waals surface area contributed by atoms with E-state index in [-0.39, 0.29) is 5.91 Å². The monoisotopic (exact) mass is 249 g/mol. The highest BCUT2D eigenvalue weighted by Gasteiger charge is 2.31. The predicted octanol–water partition coefficient (Wildman–Crippen LogP) is 1.53. The smallest absolute Gasteiger partial charge is 0.234 e. The van der Waals surface area contributed by atoms with Crippen molar-refractivity contribution in [3.63, 3.8) is 0 Å². The van der Waals surface area contributed by atoms with Crippen LogP contribution in [0.5, 0.6) is 0 Å². The number of likely N-dealkylation sites (tertiary alicyclic amines) is 1. The van der Waals surface area contributed by atoms with Crippen molar-refractivity contribution in [2.75, 3.05) is 26.2 Å². The Kier molecular flexibility index (Phi) is 5.00. The molecule has 2 rings (SSSR count). The molecule has 2 fully saturated rings. The van der Waals surface area contributed by atoms with Crippen LogP contribution in [-0.4, -0.2) is 37.0 Å². The summed E-state index contributed by atoms with van der Waals surface area (Å²) in [4.78, 5) is 14.0. The average Bonchev–Trinajstić information content (AvgIpc) is 2.39. The van der Waals surface area contributed by atoms with Crippen LogP contribution >= 0.6 is 0 Å². The van der Waals surface area contributed by atoms with Crippen LogP contribution in [0.4, 0.5) is 0 Å². The Morgan fingerprint density at radius 3 is 2.83 bits per heavy atom. The molecule has 1 aliphatic carbocycles. The molecule has 100 valence electrons. The standard InChI is InChI=1S/C14H23N3O/c15-7-3-8-16-14(18)11-17-9-6-12-4-1-2-5-13(12)10-17/h12-13H,1-6,8-11H2,(H,16,18)/t12-,13+/m1/s1. The number of piperidine rings is 1. The number of carbonyl (C=O) groups is 1. The van der Waals surface area contributed by atoms with Crippen LogP contribution in [0.2, 0.25) is 0 Å². The van der Waals surface area contributed by atoms with Gasteiger partial charge in [0.15, 0.2) is 0 Å². The van der Waals surface area contributed by atoms with Crippen LogP contribution in [0.1, 0.15) is 38.5 Å². The highest BCUT2D eigenvalue weighted by molar-refractivity contribution is 5.78. The predicted molar refractivity (Wildman–Crippen MR) is 69.7 cm³/mol. The number of hydrogen-bond acceptors (Lipinski definition) is 3. The van der Waals surface area contributed by atoms with E-state index in [1.807, 2.05) is 6.07 Å². The van der Waals surface area contributed by atoms with E-state index in [4.69, 9.17) is 5.26 Å². The molecule has 2 aliphatic rings. The highest BCUT2D eigenvalue weighted by Crippen LogP contribution is 2.35. The third-order valence-electron chi connectivity index (χ3n) is 4.30. The van der Waals surface area contributed by atoms with E-state index in [0.717, 1.165) is 24.9 Å². The lowest BCUT2D eigenvalue weighted by Crippen LogP contribution is -2.46. The fraction of sp³-hybridized carbons (Fsp3) is 0.857. The lowest BCUT2D eigenvalue weighted by Gasteiger charge is -2.41. The van der Waals surface area contributed by atoms with Gasteiger partial charge in [-0.3, -0.25) is 9.69 Å². The van der Waals surface area contributed by atoms with Gasteiger partial charge in [0.2, 0.25) is 5.91 Å². The molecule has 4 nitrogen and oxygen atoms in total. The highest BCUT2D eigenvalue weighted by atomic mass is 16.2. The van der Waals surface area contributed by atoms with Gasteiger partial charge >= 0.3 is 0 Å². The maximum Gasteiger partial charge on any atom is 0.234 e. The SMILES string of the molecule is N#CCCNC(=O)CN1CC[C@H]2CCCC[C@H]2C1. The Balaban J connectivity index is 1.70. The minimum Gasteiger partial charge on any atom is -0.354 e. The zero-order valence-electron chi connectivity index (χ0n) is 11.0. The molecule has 0 aromatic rings. The van der Waals surface area contributed by atoms with E-state index in [2.05, 4.69) is 10.2 Å². The van der Waals surface area contributed by atoms with Crippen LogP contribution in [-0.2, 0) is 4.79 Å². The second-order valence-electron chi connectivity index (χ2n) is 5.59. The molecule has 1 saturated carbocycles. The van der Waals surface area contributed by atoms with Crippen molar-refractivity contribution in [3.8, 4) is 6.07 Å². The van der Waals surface area contributed by atoms with Crippen LogP contribution < -0.4 is 5.32 Å².